The second kappa shape index (κ2) is 3.81. The molecule has 0 aromatic rings. The van der Waals surface area contributed by atoms with Crippen molar-refractivity contribution in [1.29, 1.82) is 5.26 Å². The minimum Gasteiger partial charge on any atom is -0.482 e. The molecule has 15 heavy (non-hydrogen) atoms. The first-order chi connectivity index (χ1) is 6.90. The molecule has 0 unspecified atom stereocenters. The number of ether oxygens (including phenoxy) is 1. The molecule has 4 nitrogen and oxygen atoms in total. The van der Waals surface area contributed by atoms with Gasteiger partial charge >= 0.3 is 6.18 Å². The average Bonchev–Trinajstić information content (AvgIpc) is 2.15. The van der Waals surface area contributed by atoms with Gasteiger partial charge in [0.25, 0.3) is 0 Å². The Balaban J connectivity index is 3.17. The molecule has 1 N–H and O–H groups in total. The van der Waals surface area contributed by atoms with Crippen molar-refractivity contribution in [2.24, 2.45) is 5.92 Å². The Bertz CT molecular complexity index is 354. The van der Waals surface area contributed by atoms with Crippen LogP contribution in [0, 0.1) is 17.2 Å². The maximum Gasteiger partial charge on any atom is 0.397 e. The smallest absolute Gasteiger partial charge is 0.397 e. The van der Waals surface area contributed by atoms with Gasteiger partial charge < -0.3 is 4.74 Å². The van der Waals surface area contributed by atoms with Gasteiger partial charge in [-0.15, -0.1) is 0 Å². The van der Waals surface area contributed by atoms with Crippen molar-refractivity contribution in [1.82, 2.24) is 5.32 Å². The maximum atomic E-state index is 12.4. The highest BCUT2D eigenvalue weighted by Gasteiger charge is 2.47. The number of nitrogens with zero attached hydrogens (tertiary/aromatic N) is 1. The molecule has 0 radical (unpaired) electrons. The minimum absolute atomic E-state index is 0.420. The van der Waals surface area contributed by atoms with Crippen molar-refractivity contribution in [2.75, 3.05) is 7.11 Å². The van der Waals surface area contributed by atoms with Crippen LogP contribution in [0.3, 0.4) is 0 Å². The van der Waals surface area contributed by atoms with Crippen LogP contribution in [0.15, 0.2) is 11.5 Å². The summed E-state index contributed by atoms with van der Waals surface area (Å²) in [6, 6.07) is 1.40. The van der Waals surface area contributed by atoms with Gasteiger partial charge in [-0.3, -0.25) is 10.1 Å². The average molecular weight is 220 g/mol. The van der Waals surface area contributed by atoms with Gasteiger partial charge in [0, 0.05) is 6.42 Å². The number of hydrogen-bond donors (Lipinski definition) is 1. The number of rotatable bonds is 1. The van der Waals surface area contributed by atoms with E-state index in [0.717, 1.165) is 7.11 Å². The molecule has 0 saturated carbocycles. The van der Waals surface area contributed by atoms with Crippen LogP contribution in [-0.2, 0) is 9.53 Å². The van der Waals surface area contributed by atoms with Gasteiger partial charge in [0.15, 0.2) is 0 Å². The van der Waals surface area contributed by atoms with Crippen LogP contribution >= 0.6 is 0 Å². The zero-order valence-electron chi connectivity index (χ0n) is 7.68. The summed E-state index contributed by atoms with van der Waals surface area (Å²) in [5.41, 5.74) is -0.593. The molecule has 1 heterocycles. The minimum atomic E-state index is -4.62. The summed E-state index contributed by atoms with van der Waals surface area (Å²) in [7, 11) is 1.09. The lowest BCUT2D eigenvalue weighted by molar-refractivity contribution is -0.171. The van der Waals surface area contributed by atoms with Crippen LogP contribution < -0.4 is 5.32 Å². The third-order valence-corrected chi connectivity index (χ3v) is 1.96. The molecular formula is C8H7F3N2O2. The van der Waals surface area contributed by atoms with Crippen molar-refractivity contribution >= 4 is 5.91 Å². The van der Waals surface area contributed by atoms with E-state index in [1.165, 1.54) is 6.07 Å². The fraction of sp³-hybridized carbons (Fsp3) is 0.500. The summed E-state index contributed by atoms with van der Waals surface area (Å²) in [6.07, 6.45) is -5.40. The first-order valence-corrected chi connectivity index (χ1v) is 3.95. The molecule has 0 aromatic heterocycles. The van der Waals surface area contributed by atoms with E-state index >= 15 is 0 Å². The summed E-state index contributed by atoms with van der Waals surface area (Å²) >= 11 is 0. The zero-order valence-corrected chi connectivity index (χ0v) is 7.68. The summed E-state index contributed by atoms with van der Waals surface area (Å²) in [6.45, 7) is 0. The summed E-state index contributed by atoms with van der Waals surface area (Å²) < 4.78 is 41.8. The summed E-state index contributed by atoms with van der Waals surface area (Å²) in [5.74, 6) is -3.31. The molecule has 0 aromatic carbocycles. The quantitative estimate of drug-likeness (QED) is 0.718. The number of carbonyl (C=O) groups excluding carboxylic acids is 1. The molecule has 1 aliphatic rings. The number of nitriles is 1. The lowest BCUT2D eigenvalue weighted by atomic mass is 9.93. The van der Waals surface area contributed by atoms with Crippen LogP contribution in [0.4, 0.5) is 13.2 Å². The first kappa shape index (κ1) is 11.4. The molecular weight excluding hydrogens is 213 g/mol. The van der Waals surface area contributed by atoms with Gasteiger partial charge in [-0.25, -0.2) is 0 Å². The lowest BCUT2D eigenvalue weighted by Crippen LogP contribution is -2.39. The van der Waals surface area contributed by atoms with Gasteiger partial charge in [0.2, 0.25) is 11.8 Å². The topological polar surface area (TPSA) is 62.1 Å². The second-order valence-corrected chi connectivity index (χ2v) is 2.91. The molecule has 0 fully saturated rings. The van der Waals surface area contributed by atoms with Gasteiger partial charge in [-0.2, -0.15) is 18.4 Å². The normalized spacial score (nSPS) is 22.1. The Hall–Kier alpha value is -1.71. The zero-order chi connectivity index (χ0) is 11.6. The Morgan fingerprint density at radius 2 is 2.20 bits per heavy atom. The number of carbonyl (C=O) groups is 1. The number of methoxy groups -OCH3 is 1. The van der Waals surface area contributed by atoms with Gasteiger partial charge in [-0.05, 0) is 0 Å². The molecule has 0 spiro atoms. The Morgan fingerprint density at radius 3 is 2.60 bits per heavy atom. The highest BCUT2D eigenvalue weighted by atomic mass is 19.4. The molecule has 0 aliphatic carbocycles. The van der Waals surface area contributed by atoms with Crippen LogP contribution in [0.2, 0.25) is 0 Å². The second-order valence-electron chi connectivity index (χ2n) is 2.91. The third-order valence-electron chi connectivity index (χ3n) is 1.96. The summed E-state index contributed by atoms with van der Waals surface area (Å²) in [5, 5.41) is 10.6. The third kappa shape index (κ3) is 2.21. The van der Waals surface area contributed by atoms with Crippen LogP contribution in [0.25, 0.3) is 0 Å². The number of hydrogen-bond acceptors (Lipinski definition) is 3. The number of allylic oxidation sites excluding steroid dienone is 1. The van der Waals surface area contributed by atoms with Crippen molar-refractivity contribution in [3.05, 3.63) is 11.5 Å². The van der Waals surface area contributed by atoms with Crippen molar-refractivity contribution in [3.63, 3.8) is 0 Å². The van der Waals surface area contributed by atoms with Crippen molar-refractivity contribution in [3.8, 4) is 6.07 Å². The first-order valence-electron chi connectivity index (χ1n) is 3.95. The van der Waals surface area contributed by atoms with Crippen molar-refractivity contribution < 1.29 is 22.7 Å². The lowest BCUT2D eigenvalue weighted by Gasteiger charge is -2.25. The predicted molar refractivity (Wildman–Crippen MR) is 42.0 cm³/mol. The predicted octanol–water partition coefficient (Wildman–Crippen LogP) is 1.07. The SMILES string of the molecule is COC1=C(C#N)[C@@H](C(F)(F)F)CC(=O)N1. The van der Waals surface area contributed by atoms with E-state index in [-0.39, 0.29) is 0 Å². The molecule has 0 saturated heterocycles. The number of amides is 1. The molecule has 1 aliphatic heterocycles. The Labute approximate surface area is 83.3 Å². The monoisotopic (exact) mass is 220 g/mol. The van der Waals surface area contributed by atoms with Crippen LogP contribution in [0.1, 0.15) is 6.42 Å². The molecule has 82 valence electrons. The van der Waals surface area contributed by atoms with Gasteiger partial charge in [0.1, 0.15) is 17.6 Å². The molecule has 1 rings (SSSR count). The fourth-order valence-electron chi connectivity index (χ4n) is 1.26. The van der Waals surface area contributed by atoms with E-state index in [4.69, 9.17) is 5.26 Å². The number of halogens is 3. The van der Waals surface area contributed by atoms with Crippen molar-refractivity contribution in [2.45, 2.75) is 12.6 Å². The van der Waals surface area contributed by atoms with Crippen LogP contribution in [0.5, 0.6) is 0 Å². The Morgan fingerprint density at radius 1 is 1.60 bits per heavy atom. The number of alkyl halides is 3. The fourth-order valence-corrected chi connectivity index (χ4v) is 1.26. The van der Waals surface area contributed by atoms with E-state index in [0.29, 0.717) is 0 Å². The van der Waals surface area contributed by atoms with E-state index < -0.39 is 35.9 Å². The molecule has 1 atom stereocenters. The standard InChI is InChI=1S/C8H7F3N2O2/c1-15-7-4(3-12)5(8(9,10)11)2-6(14)13-7/h5H,2H2,1H3,(H,13,14)/t5-/m0/s1. The molecule has 0 bridgehead atoms. The molecule has 1 amide bonds. The van der Waals surface area contributed by atoms with Gasteiger partial charge in [-0.1, -0.05) is 0 Å². The van der Waals surface area contributed by atoms with E-state index in [1.807, 2.05) is 0 Å². The maximum absolute atomic E-state index is 12.4. The van der Waals surface area contributed by atoms with E-state index in [9.17, 15) is 18.0 Å². The van der Waals surface area contributed by atoms with Gasteiger partial charge in [0.05, 0.1) is 7.11 Å². The highest BCUT2D eigenvalue weighted by molar-refractivity contribution is 5.80. The summed E-state index contributed by atoms with van der Waals surface area (Å²) in [4.78, 5) is 10.9. The molecule has 7 heteroatoms. The highest BCUT2D eigenvalue weighted by Crippen LogP contribution is 2.37. The van der Waals surface area contributed by atoms with E-state index in [1.54, 1.807) is 0 Å². The number of nitrogens with one attached hydrogen (secondary N) is 1. The largest absolute Gasteiger partial charge is 0.482 e. The Kier molecular flexibility index (Phi) is 2.88. The van der Waals surface area contributed by atoms with Crippen LogP contribution in [-0.4, -0.2) is 19.2 Å². The van der Waals surface area contributed by atoms with E-state index in [2.05, 4.69) is 10.1 Å².